The molecule has 0 saturated heterocycles. The van der Waals surface area contributed by atoms with E-state index >= 15 is 0 Å². The van der Waals surface area contributed by atoms with Crippen LogP contribution < -0.4 is 9.64 Å². The Labute approximate surface area is 190 Å². The van der Waals surface area contributed by atoms with Gasteiger partial charge in [-0.3, -0.25) is 19.6 Å². The summed E-state index contributed by atoms with van der Waals surface area (Å²) < 4.78 is 55.2. The van der Waals surface area contributed by atoms with Crippen molar-refractivity contribution in [1.29, 1.82) is 0 Å². The molecule has 0 aliphatic carbocycles. The lowest BCUT2D eigenvalue weighted by atomic mass is 10.3. The smallest absolute Gasteiger partial charge is 0.433 e. The van der Waals surface area contributed by atoms with Gasteiger partial charge in [0, 0.05) is 19.7 Å². The molecule has 0 unspecified atom stereocenters. The highest BCUT2D eigenvalue weighted by atomic mass is 19.4. The van der Waals surface area contributed by atoms with Crippen LogP contribution in [-0.4, -0.2) is 43.8 Å². The molecule has 0 N–H and O–H groups in total. The van der Waals surface area contributed by atoms with Gasteiger partial charge in [-0.1, -0.05) is 0 Å². The highest BCUT2D eigenvalue weighted by Gasteiger charge is 2.36. The molecule has 0 fully saturated rings. The molecule has 0 saturated carbocycles. The first-order chi connectivity index (χ1) is 16.1. The van der Waals surface area contributed by atoms with E-state index in [-0.39, 0.29) is 31.9 Å². The maximum atomic E-state index is 13.1. The number of rotatable bonds is 10. The van der Waals surface area contributed by atoms with Crippen molar-refractivity contribution in [2.24, 2.45) is 7.05 Å². The summed E-state index contributed by atoms with van der Waals surface area (Å²) >= 11 is 0. The van der Waals surface area contributed by atoms with E-state index in [0.717, 1.165) is 13.4 Å². The summed E-state index contributed by atoms with van der Waals surface area (Å²) in [6, 6.07) is 3.82. The van der Waals surface area contributed by atoms with Crippen LogP contribution in [-0.2, 0) is 29.3 Å². The summed E-state index contributed by atoms with van der Waals surface area (Å²) in [6.45, 7) is 1.75. The third-order valence-corrected chi connectivity index (χ3v) is 4.42. The Bertz CT molecular complexity index is 1150. The minimum atomic E-state index is -4.71. The van der Waals surface area contributed by atoms with Crippen LogP contribution in [0, 0.1) is 10.1 Å². The fourth-order valence-electron chi connectivity index (χ4n) is 2.98. The van der Waals surface area contributed by atoms with Gasteiger partial charge < -0.3 is 18.8 Å². The van der Waals surface area contributed by atoms with Gasteiger partial charge in [0.1, 0.15) is 17.8 Å². The van der Waals surface area contributed by atoms with Gasteiger partial charge in [0.2, 0.25) is 11.7 Å². The lowest BCUT2D eigenvalue weighted by Crippen LogP contribution is -2.28. The molecule has 3 heterocycles. The quantitative estimate of drug-likeness (QED) is 0.239. The maximum Gasteiger partial charge on any atom is 0.433 e. The molecule has 0 amide bonds. The van der Waals surface area contributed by atoms with Crippen molar-refractivity contribution in [2.45, 2.75) is 26.1 Å². The average Bonchev–Trinajstić information content (AvgIpc) is 3.40. The summed E-state index contributed by atoms with van der Waals surface area (Å²) in [6.07, 6.45) is -2.48. The van der Waals surface area contributed by atoms with E-state index in [0.29, 0.717) is 16.5 Å². The highest BCUT2D eigenvalue weighted by Crippen LogP contribution is 2.38. The summed E-state index contributed by atoms with van der Waals surface area (Å²) in [7, 11) is 1.05. The minimum Gasteiger partial charge on any atom is -0.467 e. The molecule has 3 aromatic heterocycles. The molecule has 15 heteroatoms. The monoisotopic (exact) mass is 484 g/mol. The van der Waals surface area contributed by atoms with Crippen molar-refractivity contribution in [1.82, 2.24) is 19.7 Å². The molecule has 182 valence electrons. The summed E-state index contributed by atoms with van der Waals surface area (Å²) in [5.41, 5.74) is -1.84. The van der Waals surface area contributed by atoms with E-state index in [9.17, 15) is 28.1 Å². The lowest BCUT2D eigenvalue weighted by Gasteiger charge is -2.22. The van der Waals surface area contributed by atoms with Gasteiger partial charge in [-0.15, -0.1) is 5.10 Å². The van der Waals surface area contributed by atoms with E-state index in [2.05, 4.69) is 15.1 Å². The average molecular weight is 484 g/mol. The number of nitrogens with zero attached hydrogens (tertiary/aromatic N) is 6. The lowest BCUT2D eigenvalue weighted by molar-refractivity contribution is -0.385. The molecule has 0 aromatic carbocycles. The number of ether oxygens (including phenoxy) is 2. The van der Waals surface area contributed by atoms with Crippen molar-refractivity contribution in [3.05, 3.63) is 52.4 Å². The summed E-state index contributed by atoms with van der Waals surface area (Å²) in [4.78, 5) is 32.0. The van der Waals surface area contributed by atoms with E-state index in [1.54, 1.807) is 19.1 Å². The first kappa shape index (κ1) is 24.5. The minimum absolute atomic E-state index is 0.00843. The second kappa shape index (κ2) is 10.2. The van der Waals surface area contributed by atoms with Gasteiger partial charge in [0.05, 0.1) is 30.8 Å². The number of hydrogen-bond acceptors (Lipinski definition) is 10. The Morgan fingerprint density at radius 1 is 1.35 bits per heavy atom. The largest absolute Gasteiger partial charge is 0.467 e. The number of alkyl halides is 3. The SMILES string of the molecule is CCOC(=O)CCN(Cc1ccco1)c1ncnc(Oc2cc(C(F)(F)F)n(C)n2)c1[N+](=O)[O-]. The molecule has 3 aromatic rings. The standard InChI is InChI=1S/C19H19F3N6O6/c1-3-32-15(29)6-7-27(10-12-5-4-8-33-12)17-16(28(30)31)18(24-11-23-17)34-14-9-13(19(20,21)22)26(2)25-14/h4-5,8-9,11H,3,6-7,10H2,1-2H3. The normalized spacial score (nSPS) is 11.3. The molecule has 0 aliphatic heterocycles. The highest BCUT2D eigenvalue weighted by molar-refractivity contribution is 5.71. The van der Waals surface area contributed by atoms with E-state index in [1.807, 2.05) is 0 Å². The van der Waals surface area contributed by atoms with Crippen LogP contribution in [0.15, 0.2) is 35.2 Å². The molecular formula is C19H19F3N6O6. The van der Waals surface area contributed by atoms with Gasteiger partial charge in [-0.05, 0) is 19.1 Å². The number of furan rings is 1. The zero-order valence-corrected chi connectivity index (χ0v) is 18.0. The fourth-order valence-corrected chi connectivity index (χ4v) is 2.98. The zero-order valence-electron chi connectivity index (χ0n) is 18.0. The molecule has 34 heavy (non-hydrogen) atoms. The van der Waals surface area contributed by atoms with Crippen molar-refractivity contribution in [2.75, 3.05) is 18.1 Å². The molecule has 0 spiro atoms. The second-order valence-electron chi connectivity index (χ2n) is 6.76. The van der Waals surface area contributed by atoms with Gasteiger partial charge in [-0.25, -0.2) is 4.98 Å². The number of aromatic nitrogens is 4. The molecule has 0 aliphatic rings. The van der Waals surface area contributed by atoms with Gasteiger partial charge in [-0.2, -0.15) is 18.2 Å². The summed E-state index contributed by atoms with van der Waals surface area (Å²) in [5.74, 6) is -1.52. The number of hydrogen-bond donors (Lipinski definition) is 0. The molecule has 0 radical (unpaired) electrons. The predicted octanol–water partition coefficient (Wildman–Crippen LogP) is 3.48. The van der Waals surface area contributed by atoms with Crippen LogP contribution in [0.3, 0.4) is 0 Å². The van der Waals surface area contributed by atoms with Gasteiger partial charge in [0.25, 0.3) is 0 Å². The van der Waals surface area contributed by atoms with Crippen LogP contribution in [0.4, 0.5) is 24.7 Å². The summed E-state index contributed by atoms with van der Waals surface area (Å²) in [5, 5.41) is 15.5. The van der Waals surface area contributed by atoms with Crippen LogP contribution >= 0.6 is 0 Å². The number of nitro groups is 1. The second-order valence-corrected chi connectivity index (χ2v) is 6.76. The first-order valence-corrected chi connectivity index (χ1v) is 9.81. The fraction of sp³-hybridized carbons (Fsp3) is 0.368. The number of carbonyl (C=O) groups excluding carboxylic acids is 1. The van der Waals surface area contributed by atoms with Crippen molar-refractivity contribution < 1.29 is 36.8 Å². The van der Waals surface area contributed by atoms with Crippen molar-refractivity contribution in [3.8, 4) is 11.8 Å². The first-order valence-electron chi connectivity index (χ1n) is 9.81. The van der Waals surface area contributed by atoms with E-state index < -0.39 is 40.2 Å². The van der Waals surface area contributed by atoms with Crippen molar-refractivity contribution >= 4 is 17.5 Å². The van der Waals surface area contributed by atoms with Crippen LogP contribution in [0.5, 0.6) is 11.8 Å². The van der Waals surface area contributed by atoms with E-state index in [4.69, 9.17) is 13.9 Å². The third kappa shape index (κ3) is 5.79. The van der Waals surface area contributed by atoms with Crippen LogP contribution in [0.25, 0.3) is 0 Å². The Kier molecular flexibility index (Phi) is 7.33. The Balaban J connectivity index is 1.97. The number of aryl methyl sites for hydroxylation is 1. The number of halogens is 3. The van der Waals surface area contributed by atoms with E-state index in [1.165, 1.54) is 11.2 Å². The van der Waals surface area contributed by atoms with Gasteiger partial charge in [0.15, 0.2) is 0 Å². The Morgan fingerprint density at radius 3 is 2.71 bits per heavy atom. The van der Waals surface area contributed by atoms with Crippen molar-refractivity contribution in [3.63, 3.8) is 0 Å². The molecular weight excluding hydrogens is 465 g/mol. The number of esters is 1. The van der Waals surface area contributed by atoms with Gasteiger partial charge >= 0.3 is 23.7 Å². The number of anilines is 1. The molecule has 3 rings (SSSR count). The topological polar surface area (TPSA) is 139 Å². The third-order valence-electron chi connectivity index (χ3n) is 4.42. The number of carbonyl (C=O) groups is 1. The predicted molar refractivity (Wildman–Crippen MR) is 108 cm³/mol. The molecule has 12 nitrogen and oxygen atoms in total. The maximum absolute atomic E-state index is 13.1. The zero-order chi connectivity index (χ0) is 24.9. The molecule has 0 bridgehead atoms. The Hall–Kier alpha value is -4.17. The Morgan fingerprint density at radius 2 is 2.12 bits per heavy atom. The van der Waals surface area contributed by atoms with Crippen LogP contribution in [0.1, 0.15) is 24.8 Å². The van der Waals surface area contributed by atoms with Crippen LogP contribution in [0.2, 0.25) is 0 Å². The molecule has 0 atom stereocenters.